The van der Waals surface area contributed by atoms with Crippen LogP contribution >= 0.6 is 22.9 Å². The molecule has 2 rings (SSSR count). The first-order chi connectivity index (χ1) is 8.56. The molecule has 0 spiro atoms. The molecule has 0 amide bonds. The van der Waals surface area contributed by atoms with Crippen LogP contribution in [-0.4, -0.2) is 9.91 Å². The Morgan fingerprint density at radius 1 is 1.56 bits per heavy atom. The molecular weight excluding hydrogens is 281 g/mol. The van der Waals surface area contributed by atoms with Crippen LogP contribution in [0.3, 0.4) is 0 Å². The van der Waals surface area contributed by atoms with E-state index in [0.29, 0.717) is 9.34 Å². The number of anilines is 1. The number of non-ortho nitro benzene ring substituents is 1. The molecule has 0 unspecified atom stereocenters. The molecule has 18 heavy (non-hydrogen) atoms. The molecule has 2 aromatic rings. The van der Waals surface area contributed by atoms with Crippen LogP contribution in [0.25, 0.3) is 0 Å². The highest BCUT2D eigenvalue weighted by atomic mass is 35.5. The highest BCUT2D eigenvalue weighted by Gasteiger charge is 2.11. The number of nitro benzene ring substituents is 1. The lowest BCUT2D eigenvalue weighted by Gasteiger charge is -2.05. The van der Waals surface area contributed by atoms with Gasteiger partial charge in [-0.05, 0) is 6.07 Å². The topological polar surface area (TPSA) is 68.1 Å². The first-order valence-electron chi connectivity index (χ1n) is 4.84. The zero-order valence-corrected chi connectivity index (χ0v) is 10.5. The number of nitro groups is 1. The molecule has 1 aromatic carbocycles. The summed E-state index contributed by atoms with van der Waals surface area (Å²) in [6.45, 7) is 0.259. The summed E-state index contributed by atoms with van der Waals surface area (Å²) in [6.07, 6.45) is 1.49. The summed E-state index contributed by atoms with van der Waals surface area (Å²) in [5.41, 5.74) is -0.105. The molecule has 0 radical (unpaired) electrons. The highest BCUT2D eigenvalue weighted by molar-refractivity contribution is 7.15. The van der Waals surface area contributed by atoms with E-state index in [1.807, 2.05) is 0 Å². The van der Waals surface area contributed by atoms with Crippen molar-refractivity contribution in [3.05, 3.63) is 49.7 Å². The summed E-state index contributed by atoms with van der Waals surface area (Å²) in [6, 6.07) is 3.31. The predicted octanol–water partition coefficient (Wildman–Crippen LogP) is 3.46. The molecule has 0 aliphatic rings. The Morgan fingerprint density at radius 2 is 2.33 bits per heavy atom. The van der Waals surface area contributed by atoms with Gasteiger partial charge in [-0.1, -0.05) is 11.6 Å². The minimum absolute atomic E-state index is 0.0653. The normalized spacial score (nSPS) is 10.3. The molecule has 0 saturated heterocycles. The zero-order chi connectivity index (χ0) is 13.1. The second-order valence-corrected chi connectivity index (χ2v) is 5.08. The maximum atomic E-state index is 13.4. The molecule has 0 atom stereocenters. The fraction of sp³-hybridized carbons (Fsp3) is 0.100. The summed E-state index contributed by atoms with van der Waals surface area (Å²) in [5.74, 6) is -0.553. The maximum Gasteiger partial charge on any atom is 0.271 e. The van der Waals surface area contributed by atoms with Crippen molar-refractivity contribution in [1.29, 1.82) is 0 Å². The van der Waals surface area contributed by atoms with Gasteiger partial charge in [0.1, 0.15) is 15.2 Å². The lowest BCUT2D eigenvalue weighted by molar-refractivity contribution is -0.384. The van der Waals surface area contributed by atoms with Crippen molar-refractivity contribution >= 4 is 34.3 Å². The fourth-order valence-corrected chi connectivity index (χ4v) is 2.20. The van der Waals surface area contributed by atoms with Gasteiger partial charge in [0.05, 0.1) is 23.4 Å². The molecule has 94 valence electrons. The van der Waals surface area contributed by atoms with E-state index in [9.17, 15) is 14.5 Å². The van der Waals surface area contributed by atoms with Gasteiger partial charge in [0.25, 0.3) is 5.69 Å². The second kappa shape index (κ2) is 5.28. The number of hydrogen-bond acceptors (Lipinski definition) is 5. The number of benzene rings is 1. The van der Waals surface area contributed by atoms with Crippen LogP contribution in [0.1, 0.15) is 5.01 Å². The number of halogens is 2. The van der Waals surface area contributed by atoms with E-state index < -0.39 is 10.7 Å². The third-order valence-electron chi connectivity index (χ3n) is 2.12. The summed E-state index contributed by atoms with van der Waals surface area (Å²) in [4.78, 5) is 14.0. The molecule has 0 fully saturated rings. The fourth-order valence-electron chi connectivity index (χ4n) is 1.30. The second-order valence-electron chi connectivity index (χ2n) is 3.33. The summed E-state index contributed by atoms with van der Waals surface area (Å²) in [7, 11) is 0. The van der Waals surface area contributed by atoms with E-state index in [1.54, 1.807) is 0 Å². The SMILES string of the molecule is O=[N+]([O-])c1ccc(F)c(NCc2ncc(Cl)s2)c1. The van der Waals surface area contributed by atoms with Gasteiger partial charge in [-0.2, -0.15) is 0 Å². The van der Waals surface area contributed by atoms with E-state index in [0.717, 1.165) is 18.2 Å². The van der Waals surface area contributed by atoms with Crippen LogP contribution in [0.5, 0.6) is 0 Å². The first-order valence-corrected chi connectivity index (χ1v) is 6.04. The highest BCUT2D eigenvalue weighted by Crippen LogP contribution is 2.23. The van der Waals surface area contributed by atoms with Crippen molar-refractivity contribution in [3.8, 4) is 0 Å². The largest absolute Gasteiger partial charge is 0.376 e. The molecule has 1 heterocycles. The smallest absolute Gasteiger partial charge is 0.271 e. The van der Waals surface area contributed by atoms with E-state index in [1.165, 1.54) is 17.5 Å². The average Bonchev–Trinajstić information content (AvgIpc) is 2.74. The predicted molar refractivity (Wildman–Crippen MR) is 67.5 cm³/mol. The summed E-state index contributed by atoms with van der Waals surface area (Å²) >= 11 is 6.96. The number of thiazole rings is 1. The summed E-state index contributed by atoms with van der Waals surface area (Å²) < 4.78 is 13.9. The van der Waals surface area contributed by atoms with Gasteiger partial charge in [0, 0.05) is 12.1 Å². The first kappa shape index (κ1) is 12.7. The zero-order valence-electron chi connectivity index (χ0n) is 8.89. The Labute approximate surface area is 110 Å². The van der Waals surface area contributed by atoms with Crippen LogP contribution < -0.4 is 5.32 Å². The van der Waals surface area contributed by atoms with E-state index in [4.69, 9.17) is 11.6 Å². The molecule has 0 bridgehead atoms. The van der Waals surface area contributed by atoms with Gasteiger partial charge in [-0.15, -0.1) is 11.3 Å². The molecule has 1 N–H and O–H groups in total. The van der Waals surface area contributed by atoms with E-state index in [-0.39, 0.29) is 17.9 Å². The maximum absolute atomic E-state index is 13.4. The Kier molecular flexibility index (Phi) is 3.73. The van der Waals surface area contributed by atoms with Crippen LogP contribution in [-0.2, 0) is 6.54 Å². The standard InChI is InChI=1S/C10H7ClFN3O2S/c11-9-4-14-10(18-9)5-13-8-3-6(15(16)17)1-2-7(8)12/h1-4,13H,5H2. The van der Waals surface area contributed by atoms with Gasteiger partial charge in [-0.25, -0.2) is 9.37 Å². The number of aromatic nitrogens is 1. The lowest BCUT2D eigenvalue weighted by atomic mass is 10.2. The monoisotopic (exact) mass is 287 g/mol. The van der Waals surface area contributed by atoms with Crippen molar-refractivity contribution in [2.24, 2.45) is 0 Å². The van der Waals surface area contributed by atoms with Crippen molar-refractivity contribution in [3.63, 3.8) is 0 Å². The molecule has 1 aromatic heterocycles. The molecule has 5 nitrogen and oxygen atoms in total. The van der Waals surface area contributed by atoms with Crippen LogP contribution in [0.4, 0.5) is 15.8 Å². The molecular formula is C10H7ClFN3O2S. The number of rotatable bonds is 4. The van der Waals surface area contributed by atoms with E-state index >= 15 is 0 Å². The number of hydrogen-bond donors (Lipinski definition) is 1. The van der Waals surface area contributed by atoms with Gasteiger partial charge >= 0.3 is 0 Å². The van der Waals surface area contributed by atoms with Gasteiger partial charge in [0.2, 0.25) is 0 Å². The minimum atomic E-state index is -0.578. The third kappa shape index (κ3) is 2.93. The lowest BCUT2D eigenvalue weighted by Crippen LogP contribution is -2.01. The van der Waals surface area contributed by atoms with Gasteiger partial charge in [-0.3, -0.25) is 10.1 Å². The van der Waals surface area contributed by atoms with Crippen molar-refractivity contribution in [2.75, 3.05) is 5.32 Å². The molecule has 0 saturated carbocycles. The third-order valence-corrected chi connectivity index (χ3v) is 3.23. The van der Waals surface area contributed by atoms with Crippen molar-refractivity contribution in [1.82, 2.24) is 4.98 Å². The minimum Gasteiger partial charge on any atom is -0.376 e. The summed E-state index contributed by atoms with van der Waals surface area (Å²) in [5, 5.41) is 14.0. The Hall–Kier alpha value is -1.73. The molecule has 0 aliphatic heterocycles. The Bertz CT molecular complexity index is 590. The molecule has 0 aliphatic carbocycles. The number of nitrogens with zero attached hydrogens (tertiary/aromatic N) is 2. The quantitative estimate of drug-likeness (QED) is 0.691. The van der Waals surface area contributed by atoms with E-state index in [2.05, 4.69) is 10.3 Å². The Morgan fingerprint density at radius 3 is 2.94 bits per heavy atom. The molecule has 8 heteroatoms. The van der Waals surface area contributed by atoms with Crippen molar-refractivity contribution in [2.45, 2.75) is 6.54 Å². The average molecular weight is 288 g/mol. The van der Waals surface area contributed by atoms with Crippen LogP contribution in [0.15, 0.2) is 24.4 Å². The van der Waals surface area contributed by atoms with Crippen LogP contribution in [0.2, 0.25) is 4.34 Å². The number of nitrogens with one attached hydrogen (secondary N) is 1. The van der Waals surface area contributed by atoms with Crippen LogP contribution in [0, 0.1) is 15.9 Å². The van der Waals surface area contributed by atoms with Gasteiger partial charge in [0.15, 0.2) is 0 Å². The Balaban J connectivity index is 2.13. The van der Waals surface area contributed by atoms with Crippen molar-refractivity contribution < 1.29 is 9.31 Å². The van der Waals surface area contributed by atoms with Gasteiger partial charge < -0.3 is 5.32 Å².